The van der Waals surface area contributed by atoms with E-state index in [-0.39, 0.29) is 0 Å². The number of ether oxygens (including phenoxy) is 1. The molecule has 0 aromatic heterocycles. The second kappa shape index (κ2) is 6.03. The first-order chi connectivity index (χ1) is 11.0. The summed E-state index contributed by atoms with van der Waals surface area (Å²) in [4.78, 5) is 0.849. The van der Waals surface area contributed by atoms with Crippen LogP contribution in [0.1, 0.15) is 11.1 Å². The van der Waals surface area contributed by atoms with Crippen LogP contribution in [0, 0.1) is 0 Å². The maximum atomic E-state index is 12.3. The summed E-state index contributed by atoms with van der Waals surface area (Å²) < 4.78 is 31.7. The van der Waals surface area contributed by atoms with Crippen LogP contribution in [-0.4, -0.2) is 26.1 Å². The summed E-state index contributed by atoms with van der Waals surface area (Å²) in [7, 11) is -1.97. The van der Waals surface area contributed by atoms with Crippen LogP contribution in [0.5, 0.6) is 0 Å². The van der Waals surface area contributed by atoms with Crippen molar-refractivity contribution < 1.29 is 13.2 Å². The zero-order valence-corrected chi connectivity index (χ0v) is 14.5. The zero-order chi connectivity index (χ0) is 16.5. The van der Waals surface area contributed by atoms with E-state index in [1.807, 2.05) is 60.7 Å². The van der Waals surface area contributed by atoms with E-state index in [1.54, 1.807) is 6.20 Å². The third kappa shape index (κ3) is 2.89. The van der Waals surface area contributed by atoms with E-state index in [9.17, 15) is 8.42 Å². The molecule has 1 aliphatic rings. The first-order valence-corrected chi connectivity index (χ1v) is 9.70. The van der Waals surface area contributed by atoms with E-state index in [0.717, 1.165) is 16.0 Å². The van der Waals surface area contributed by atoms with Crippen molar-refractivity contribution in [2.45, 2.75) is 5.06 Å². The summed E-state index contributed by atoms with van der Waals surface area (Å²) in [5, 5.41) is -1.12. The van der Waals surface area contributed by atoms with Gasteiger partial charge in [0.2, 0.25) is 15.1 Å². The molecule has 2 aromatic carbocycles. The Morgan fingerprint density at radius 3 is 2.09 bits per heavy atom. The molecule has 1 heterocycles. The number of sulfonamides is 1. The Hall–Kier alpha value is -1.76. The van der Waals surface area contributed by atoms with Gasteiger partial charge in [0.1, 0.15) is 0 Å². The molecule has 23 heavy (non-hydrogen) atoms. The first kappa shape index (κ1) is 16.1. The monoisotopic (exact) mass is 347 g/mol. The summed E-state index contributed by atoms with van der Waals surface area (Å²) in [6.45, 7) is 0. The Labute approximate surface area is 140 Å². The Morgan fingerprint density at radius 1 is 1.00 bits per heavy atom. The van der Waals surface area contributed by atoms with Gasteiger partial charge in [0.15, 0.2) is 0 Å². The molecular weight excluding hydrogens is 330 g/mol. The molecular formula is C17H17NO3S2. The fourth-order valence-electron chi connectivity index (χ4n) is 2.55. The van der Waals surface area contributed by atoms with Gasteiger partial charge < -0.3 is 4.74 Å². The van der Waals surface area contributed by atoms with Crippen molar-refractivity contribution in [1.82, 2.24) is 4.31 Å². The van der Waals surface area contributed by atoms with Gasteiger partial charge in [-0.2, -0.15) is 0 Å². The summed E-state index contributed by atoms with van der Waals surface area (Å²) in [6.07, 6.45) is 2.83. The fraction of sp³-hybridized carbons (Fsp3) is 0.176. The van der Waals surface area contributed by atoms with E-state index < -0.39 is 15.1 Å². The lowest BCUT2D eigenvalue weighted by atomic mass is 10.2. The lowest BCUT2D eigenvalue weighted by molar-refractivity contribution is 0.00339. The standard InChI is InChI=1S/C17H17NO3S2/c1-21-17(15-11-7-4-8-12-15)18(23(2,19)20)13-16(22-17)14-9-5-3-6-10-14/h3-13H,1-2H3. The molecule has 0 amide bonds. The van der Waals surface area contributed by atoms with E-state index in [2.05, 4.69) is 0 Å². The second-order valence-corrected chi connectivity index (χ2v) is 8.23. The number of methoxy groups -OCH3 is 1. The van der Waals surface area contributed by atoms with Crippen LogP contribution in [0.2, 0.25) is 0 Å². The molecule has 0 fully saturated rings. The Bertz CT molecular complexity index is 819. The zero-order valence-electron chi connectivity index (χ0n) is 12.8. The van der Waals surface area contributed by atoms with Gasteiger partial charge in [-0.25, -0.2) is 12.7 Å². The van der Waals surface area contributed by atoms with E-state index in [4.69, 9.17) is 4.74 Å². The van der Waals surface area contributed by atoms with Crippen LogP contribution in [-0.2, 0) is 19.8 Å². The highest BCUT2D eigenvalue weighted by Crippen LogP contribution is 2.54. The topological polar surface area (TPSA) is 46.6 Å². The van der Waals surface area contributed by atoms with Crippen LogP contribution < -0.4 is 0 Å². The predicted molar refractivity (Wildman–Crippen MR) is 93.8 cm³/mol. The SMILES string of the molecule is COC1(c2ccccc2)SC(c2ccccc2)=CN1S(C)(=O)=O. The minimum Gasteiger partial charge on any atom is -0.345 e. The van der Waals surface area contributed by atoms with E-state index in [0.29, 0.717) is 0 Å². The Balaban J connectivity index is 2.14. The molecule has 4 nitrogen and oxygen atoms in total. The van der Waals surface area contributed by atoms with E-state index in [1.165, 1.54) is 29.4 Å². The molecule has 3 rings (SSSR count). The van der Waals surface area contributed by atoms with Gasteiger partial charge in [0.25, 0.3) is 0 Å². The molecule has 0 bridgehead atoms. The molecule has 0 radical (unpaired) electrons. The predicted octanol–water partition coefficient (Wildman–Crippen LogP) is 3.45. The van der Waals surface area contributed by atoms with Crippen molar-refractivity contribution in [2.75, 3.05) is 13.4 Å². The average Bonchev–Trinajstić information content (AvgIpc) is 2.98. The average molecular weight is 347 g/mol. The van der Waals surface area contributed by atoms with Crippen molar-refractivity contribution in [3.63, 3.8) is 0 Å². The summed E-state index contributed by atoms with van der Waals surface area (Å²) >= 11 is 1.38. The molecule has 1 unspecified atom stereocenters. The van der Waals surface area contributed by atoms with Crippen molar-refractivity contribution in [3.05, 3.63) is 78.0 Å². The van der Waals surface area contributed by atoms with Crippen molar-refractivity contribution in [3.8, 4) is 0 Å². The molecule has 0 spiro atoms. The number of benzene rings is 2. The first-order valence-electron chi connectivity index (χ1n) is 7.04. The van der Waals surface area contributed by atoms with Crippen molar-refractivity contribution in [1.29, 1.82) is 0 Å². The van der Waals surface area contributed by atoms with Gasteiger partial charge in [-0.3, -0.25) is 0 Å². The number of nitrogens with zero attached hydrogens (tertiary/aromatic N) is 1. The van der Waals surface area contributed by atoms with Crippen LogP contribution >= 0.6 is 11.8 Å². The number of rotatable bonds is 4. The van der Waals surface area contributed by atoms with Gasteiger partial charge in [-0.15, -0.1) is 0 Å². The van der Waals surface area contributed by atoms with Crippen LogP contribution in [0.3, 0.4) is 0 Å². The van der Waals surface area contributed by atoms with Crippen LogP contribution in [0.4, 0.5) is 0 Å². The lowest BCUT2D eigenvalue weighted by Gasteiger charge is -2.35. The molecule has 0 N–H and O–H groups in total. The summed E-state index contributed by atoms with van der Waals surface area (Å²) in [5.41, 5.74) is 1.74. The molecule has 0 aliphatic carbocycles. The Kier molecular flexibility index (Phi) is 4.23. The molecule has 2 aromatic rings. The fourth-order valence-corrected chi connectivity index (χ4v) is 5.23. The Morgan fingerprint density at radius 2 is 1.57 bits per heavy atom. The minimum atomic E-state index is -3.50. The molecule has 1 aliphatic heterocycles. The normalized spacial score (nSPS) is 21.3. The number of hydrogen-bond donors (Lipinski definition) is 0. The third-order valence-corrected chi connectivity index (χ3v) is 6.23. The van der Waals surface area contributed by atoms with Gasteiger partial charge >= 0.3 is 0 Å². The largest absolute Gasteiger partial charge is 0.345 e. The van der Waals surface area contributed by atoms with Gasteiger partial charge in [0, 0.05) is 23.8 Å². The molecule has 120 valence electrons. The molecule has 0 saturated carbocycles. The van der Waals surface area contributed by atoms with Gasteiger partial charge in [-0.05, 0) is 5.56 Å². The smallest absolute Gasteiger partial charge is 0.235 e. The maximum absolute atomic E-state index is 12.3. The maximum Gasteiger partial charge on any atom is 0.235 e. The molecule has 0 saturated heterocycles. The van der Waals surface area contributed by atoms with Crippen molar-refractivity contribution >= 4 is 26.7 Å². The highest BCUT2D eigenvalue weighted by Gasteiger charge is 2.48. The van der Waals surface area contributed by atoms with Crippen LogP contribution in [0.15, 0.2) is 66.9 Å². The quantitative estimate of drug-likeness (QED) is 0.850. The van der Waals surface area contributed by atoms with E-state index >= 15 is 0 Å². The summed E-state index contributed by atoms with van der Waals surface area (Å²) in [5.74, 6) is 0. The molecule has 1 atom stereocenters. The number of hydrogen-bond acceptors (Lipinski definition) is 4. The highest BCUT2D eigenvalue weighted by molar-refractivity contribution is 8.09. The number of thioether (sulfide) groups is 1. The molecule has 6 heteroatoms. The van der Waals surface area contributed by atoms with Gasteiger partial charge in [-0.1, -0.05) is 72.4 Å². The van der Waals surface area contributed by atoms with Crippen molar-refractivity contribution in [2.24, 2.45) is 0 Å². The highest BCUT2D eigenvalue weighted by atomic mass is 32.2. The van der Waals surface area contributed by atoms with Gasteiger partial charge in [0.05, 0.1) is 6.26 Å². The summed E-state index contributed by atoms with van der Waals surface area (Å²) in [6, 6.07) is 19.1. The lowest BCUT2D eigenvalue weighted by Crippen LogP contribution is -2.42. The van der Waals surface area contributed by atoms with Crippen LogP contribution in [0.25, 0.3) is 4.91 Å². The minimum absolute atomic E-state index is 0.778. The second-order valence-electron chi connectivity index (χ2n) is 5.17. The third-order valence-electron chi connectivity index (χ3n) is 3.60.